The summed E-state index contributed by atoms with van der Waals surface area (Å²) in [5.41, 5.74) is 1.10. The fraction of sp³-hybridized carbons (Fsp3) is 0.182. The molecule has 2 aromatic rings. The van der Waals surface area contributed by atoms with Crippen LogP contribution in [-0.4, -0.2) is 5.78 Å². The molecular formula is C11H8F2OS2. The van der Waals surface area contributed by atoms with Crippen molar-refractivity contribution in [3.63, 3.8) is 0 Å². The zero-order chi connectivity index (χ0) is 11.7. The molecular weight excluding hydrogens is 250 g/mol. The molecule has 0 unspecified atom stereocenters. The van der Waals surface area contributed by atoms with Crippen LogP contribution in [0.1, 0.15) is 28.6 Å². The number of halogens is 2. The number of alkyl halides is 2. The fourth-order valence-electron chi connectivity index (χ4n) is 1.49. The Bertz CT molecular complexity index is 514. The summed E-state index contributed by atoms with van der Waals surface area (Å²) in [6.07, 6.45) is -2.50. The predicted octanol–water partition coefficient (Wildman–Crippen LogP) is 4.62. The van der Waals surface area contributed by atoms with Gasteiger partial charge >= 0.3 is 0 Å². The van der Waals surface area contributed by atoms with Gasteiger partial charge in [-0.05, 0) is 23.8 Å². The van der Waals surface area contributed by atoms with E-state index in [1.165, 1.54) is 35.0 Å². The first-order chi connectivity index (χ1) is 7.61. The van der Waals surface area contributed by atoms with Gasteiger partial charge in [0.25, 0.3) is 6.43 Å². The largest absolute Gasteiger partial charge is 0.294 e. The highest BCUT2D eigenvalue weighted by atomic mass is 32.1. The van der Waals surface area contributed by atoms with E-state index in [0.717, 1.165) is 0 Å². The van der Waals surface area contributed by atoms with Crippen LogP contribution < -0.4 is 0 Å². The van der Waals surface area contributed by atoms with Gasteiger partial charge in [-0.3, -0.25) is 4.79 Å². The van der Waals surface area contributed by atoms with Gasteiger partial charge in [-0.1, -0.05) is 0 Å². The maximum Gasteiger partial charge on any atom is 0.265 e. The summed E-state index contributed by atoms with van der Waals surface area (Å²) in [5, 5.41) is 4.84. The molecule has 16 heavy (non-hydrogen) atoms. The van der Waals surface area contributed by atoms with Gasteiger partial charge in [0, 0.05) is 22.1 Å². The van der Waals surface area contributed by atoms with Crippen molar-refractivity contribution in [2.24, 2.45) is 0 Å². The zero-order valence-corrected chi connectivity index (χ0v) is 10.0. The highest BCUT2D eigenvalue weighted by molar-refractivity contribution is 7.12. The van der Waals surface area contributed by atoms with Crippen LogP contribution in [0.15, 0.2) is 22.2 Å². The standard InChI is InChI=1S/C11H8F2OS2/c1-6(14)10-7(2-3-16-10)8-4-15-5-9(8)11(12)13/h2-5,11H,1H3. The Morgan fingerprint density at radius 1 is 1.31 bits per heavy atom. The van der Waals surface area contributed by atoms with Crippen LogP contribution in [0.2, 0.25) is 0 Å². The minimum Gasteiger partial charge on any atom is -0.294 e. The van der Waals surface area contributed by atoms with Gasteiger partial charge < -0.3 is 0 Å². The fourth-order valence-corrected chi connectivity index (χ4v) is 3.14. The molecule has 1 nitrogen and oxygen atoms in total. The first kappa shape index (κ1) is 11.4. The molecule has 0 fully saturated rings. The summed E-state index contributed by atoms with van der Waals surface area (Å²) >= 11 is 2.51. The molecule has 84 valence electrons. The second-order valence-electron chi connectivity index (χ2n) is 3.26. The molecule has 0 aliphatic carbocycles. The van der Waals surface area contributed by atoms with Gasteiger partial charge in [0.05, 0.1) is 4.88 Å². The predicted molar refractivity (Wildman–Crippen MR) is 62.6 cm³/mol. The van der Waals surface area contributed by atoms with Crippen LogP contribution in [0.4, 0.5) is 8.78 Å². The van der Waals surface area contributed by atoms with E-state index in [-0.39, 0.29) is 11.3 Å². The number of carbonyl (C=O) groups is 1. The minimum absolute atomic E-state index is 0.00546. The van der Waals surface area contributed by atoms with Gasteiger partial charge in [0.15, 0.2) is 5.78 Å². The molecule has 0 saturated heterocycles. The number of Topliss-reactive ketones (excluding diaryl/α,β-unsaturated/α-hetero) is 1. The quantitative estimate of drug-likeness (QED) is 0.734. The summed E-state index contributed by atoms with van der Waals surface area (Å²) in [5.74, 6) is -0.0867. The first-order valence-corrected chi connectivity index (χ1v) is 6.36. The normalized spacial score (nSPS) is 11.0. The number of thiophene rings is 2. The second-order valence-corrected chi connectivity index (χ2v) is 4.92. The van der Waals surface area contributed by atoms with Crippen LogP contribution in [0.5, 0.6) is 0 Å². The molecule has 0 N–H and O–H groups in total. The summed E-state index contributed by atoms with van der Waals surface area (Å²) in [6.45, 7) is 1.45. The van der Waals surface area contributed by atoms with Crippen molar-refractivity contribution in [3.05, 3.63) is 32.6 Å². The third-order valence-corrected chi connectivity index (χ3v) is 3.98. The van der Waals surface area contributed by atoms with E-state index >= 15 is 0 Å². The van der Waals surface area contributed by atoms with Crippen molar-refractivity contribution in [3.8, 4) is 11.1 Å². The molecule has 0 atom stereocenters. The molecule has 0 aromatic carbocycles. The lowest BCUT2D eigenvalue weighted by molar-refractivity contribution is 0.102. The number of carbonyl (C=O) groups excluding carboxylic acids is 1. The second kappa shape index (κ2) is 4.43. The maximum atomic E-state index is 12.7. The van der Waals surface area contributed by atoms with Crippen LogP contribution >= 0.6 is 22.7 Å². The Labute approximate surface area is 99.4 Å². The third kappa shape index (κ3) is 1.92. The Hall–Kier alpha value is -1.07. The third-order valence-electron chi connectivity index (χ3n) is 2.20. The molecule has 5 heteroatoms. The van der Waals surface area contributed by atoms with Gasteiger partial charge in [0.1, 0.15) is 0 Å². The summed E-state index contributed by atoms with van der Waals surface area (Å²) in [7, 11) is 0. The van der Waals surface area contributed by atoms with Crippen LogP contribution in [0.3, 0.4) is 0 Å². The lowest BCUT2D eigenvalue weighted by Crippen LogP contribution is -1.92. The summed E-state index contributed by atoms with van der Waals surface area (Å²) in [6, 6.07) is 1.72. The topological polar surface area (TPSA) is 17.1 Å². The van der Waals surface area contributed by atoms with Crippen LogP contribution in [-0.2, 0) is 0 Å². The van der Waals surface area contributed by atoms with Gasteiger partial charge in [-0.2, -0.15) is 11.3 Å². The molecule has 0 saturated carbocycles. The molecule has 2 heterocycles. The minimum atomic E-state index is -2.50. The van der Waals surface area contributed by atoms with Crippen LogP contribution in [0, 0.1) is 0 Å². The molecule has 0 radical (unpaired) electrons. The van der Waals surface area contributed by atoms with E-state index in [4.69, 9.17) is 0 Å². The van der Waals surface area contributed by atoms with Crippen LogP contribution in [0.25, 0.3) is 11.1 Å². The van der Waals surface area contributed by atoms with Crippen molar-refractivity contribution in [1.29, 1.82) is 0 Å². The molecule has 0 aliphatic heterocycles. The SMILES string of the molecule is CC(=O)c1sccc1-c1cscc1C(F)F. The maximum absolute atomic E-state index is 12.7. The van der Waals surface area contributed by atoms with Crippen molar-refractivity contribution >= 4 is 28.5 Å². The lowest BCUT2D eigenvalue weighted by Gasteiger charge is -2.02. The van der Waals surface area contributed by atoms with E-state index in [1.807, 2.05) is 0 Å². The Morgan fingerprint density at radius 3 is 2.69 bits per heavy atom. The highest BCUT2D eigenvalue weighted by Crippen LogP contribution is 2.37. The Morgan fingerprint density at radius 2 is 2.06 bits per heavy atom. The molecule has 0 aliphatic rings. The van der Waals surface area contributed by atoms with E-state index in [2.05, 4.69) is 0 Å². The van der Waals surface area contributed by atoms with Crippen molar-refractivity contribution in [2.45, 2.75) is 13.3 Å². The first-order valence-electron chi connectivity index (χ1n) is 4.54. The van der Waals surface area contributed by atoms with E-state index in [9.17, 15) is 13.6 Å². The number of hydrogen-bond acceptors (Lipinski definition) is 3. The van der Waals surface area contributed by atoms with E-state index in [1.54, 1.807) is 16.8 Å². The Balaban J connectivity index is 2.54. The van der Waals surface area contributed by atoms with Gasteiger partial charge in [-0.25, -0.2) is 8.78 Å². The number of rotatable bonds is 3. The van der Waals surface area contributed by atoms with Crippen molar-refractivity contribution in [1.82, 2.24) is 0 Å². The summed E-state index contributed by atoms with van der Waals surface area (Å²) < 4.78 is 25.4. The molecule has 0 amide bonds. The Kier molecular flexibility index (Phi) is 3.16. The monoisotopic (exact) mass is 258 g/mol. The molecule has 0 bridgehead atoms. The average molecular weight is 258 g/mol. The lowest BCUT2D eigenvalue weighted by atomic mass is 10.0. The highest BCUT2D eigenvalue weighted by Gasteiger charge is 2.19. The average Bonchev–Trinajstić information content (AvgIpc) is 2.85. The van der Waals surface area contributed by atoms with E-state index < -0.39 is 6.43 Å². The smallest absolute Gasteiger partial charge is 0.265 e. The summed E-state index contributed by atoms with van der Waals surface area (Å²) in [4.78, 5) is 11.9. The zero-order valence-electron chi connectivity index (χ0n) is 8.37. The van der Waals surface area contributed by atoms with Crippen molar-refractivity contribution < 1.29 is 13.6 Å². The van der Waals surface area contributed by atoms with Crippen molar-refractivity contribution in [2.75, 3.05) is 0 Å². The molecule has 2 aromatic heterocycles. The molecule has 2 rings (SSSR count). The number of ketones is 1. The molecule has 0 spiro atoms. The van der Waals surface area contributed by atoms with Gasteiger partial charge in [0.2, 0.25) is 0 Å². The number of hydrogen-bond donors (Lipinski definition) is 0. The van der Waals surface area contributed by atoms with E-state index in [0.29, 0.717) is 16.0 Å². The van der Waals surface area contributed by atoms with Gasteiger partial charge in [-0.15, -0.1) is 11.3 Å².